The zero-order valence-corrected chi connectivity index (χ0v) is 20.1. The maximum atomic E-state index is 11.8. The summed E-state index contributed by atoms with van der Waals surface area (Å²) in [4.78, 5) is 23.5. The van der Waals surface area contributed by atoms with Crippen LogP contribution in [0.15, 0.2) is 60.7 Å². The number of carbonyl (C=O) groups is 2. The fraction of sp³-hybridized carbons (Fsp3) is 0.440. The van der Waals surface area contributed by atoms with E-state index in [1.807, 2.05) is 60.7 Å². The van der Waals surface area contributed by atoms with Gasteiger partial charge in [0.2, 0.25) is 11.8 Å². The van der Waals surface area contributed by atoms with Crippen molar-refractivity contribution in [1.82, 2.24) is 10.6 Å². The van der Waals surface area contributed by atoms with Gasteiger partial charge < -0.3 is 30.9 Å². The highest BCUT2D eigenvalue weighted by atomic mass is 16.5. The maximum absolute atomic E-state index is 11.8. The van der Waals surface area contributed by atoms with E-state index in [-0.39, 0.29) is 25.4 Å². The van der Waals surface area contributed by atoms with Crippen molar-refractivity contribution in [3.8, 4) is 5.75 Å². The average molecular weight is 462 g/mol. The second kappa shape index (κ2) is 19.7. The van der Waals surface area contributed by atoms with E-state index in [4.69, 9.17) is 15.2 Å². The number of para-hydroxylation sites is 1. The van der Waals surface area contributed by atoms with E-state index in [9.17, 15) is 14.7 Å². The number of rotatable bonds is 10. The van der Waals surface area contributed by atoms with Gasteiger partial charge >= 0.3 is 0 Å². The molecule has 0 bridgehead atoms. The molecule has 0 radical (unpaired) electrons. The number of methoxy groups -OCH3 is 2. The zero-order chi connectivity index (χ0) is 24.9. The lowest BCUT2D eigenvalue weighted by Crippen LogP contribution is -2.43. The summed E-state index contributed by atoms with van der Waals surface area (Å²) in [6, 6.07) is 19.1. The topological polar surface area (TPSA) is 123 Å². The number of nitrogens with two attached hydrogens (primary N) is 1. The average Bonchev–Trinajstić information content (AvgIpc) is 2.86. The van der Waals surface area contributed by atoms with Gasteiger partial charge in [-0.2, -0.15) is 0 Å². The molecular formula is C25H39N3O5. The monoisotopic (exact) mass is 461 g/mol. The van der Waals surface area contributed by atoms with E-state index >= 15 is 0 Å². The predicted octanol–water partition coefficient (Wildman–Crippen LogP) is 2.26. The Bertz CT molecular complexity index is 744. The Morgan fingerprint density at radius 1 is 0.970 bits per heavy atom. The molecule has 2 atom stereocenters. The molecule has 0 aliphatic rings. The Balaban J connectivity index is 0.000000764. The maximum Gasteiger partial charge on any atom is 0.249 e. The van der Waals surface area contributed by atoms with Crippen LogP contribution in [0.5, 0.6) is 5.75 Å². The molecule has 2 aromatic rings. The van der Waals surface area contributed by atoms with Gasteiger partial charge in [0.1, 0.15) is 11.9 Å². The number of ether oxygens (including phenoxy) is 2. The highest BCUT2D eigenvalue weighted by Crippen LogP contribution is 2.05. The minimum absolute atomic E-state index is 0.0463. The number of hydrogen-bond donors (Lipinski definition) is 4. The third kappa shape index (κ3) is 15.5. The van der Waals surface area contributed by atoms with Gasteiger partial charge in [-0.25, -0.2) is 0 Å². The summed E-state index contributed by atoms with van der Waals surface area (Å²) in [5, 5.41) is 14.6. The van der Waals surface area contributed by atoms with Crippen LogP contribution < -0.4 is 21.1 Å². The van der Waals surface area contributed by atoms with Crippen LogP contribution in [0.25, 0.3) is 0 Å². The second-order valence-corrected chi connectivity index (χ2v) is 7.05. The molecule has 2 unspecified atom stereocenters. The van der Waals surface area contributed by atoms with E-state index in [2.05, 4.69) is 24.5 Å². The highest BCUT2D eigenvalue weighted by molar-refractivity contribution is 5.86. The van der Waals surface area contributed by atoms with Crippen LogP contribution >= 0.6 is 0 Å². The summed E-state index contributed by atoms with van der Waals surface area (Å²) in [6.07, 6.45) is -0.312. The minimum atomic E-state index is -0.833. The van der Waals surface area contributed by atoms with Gasteiger partial charge in [0.25, 0.3) is 0 Å². The van der Waals surface area contributed by atoms with Crippen molar-refractivity contribution in [1.29, 1.82) is 0 Å². The second-order valence-electron chi connectivity index (χ2n) is 7.05. The molecule has 184 valence electrons. The van der Waals surface area contributed by atoms with Crippen molar-refractivity contribution in [2.24, 2.45) is 5.73 Å². The molecule has 0 saturated heterocycles. The first-order chi connectivity index (χ1) is 15.9. The van der Waals surface area contributed by atoms with Crippen molar-refractivity contribution >= 4 is 11.8 Å². The van der Waals surface area contributed by atoms with E-state index in [0.717, 1.165) is 11.3 Å². The molecule has 2 aromatic carbocycles. The molecule has 0 saturated carbocycles. The van der Waals surface area contributed by atoms with Gasteiger partial charge in [-0.3, -0.25) is 9.59 Å². The molecule has 33 heavy (non-hydrogen) atoms. The minimum Gasteiger partial charge on any atom is -0.497 e. The van der Waals surface area contributed by atoms with Gasteiger partial charge in [-0.05, 0) is 17.7 Å². The lowest BCUT2D eigenvalue weighted by Gasteiger charge is -2.17. The number of aliphatic hydroxyl groups excluding tert-OH is 1. The number of amides is 2. The zero-order valence-electron chi connectivity index (χ0n) is 20.1. The number of nitrogens with one attached hydrogen (secondary N) is 2. The first-order valence-corrected chi connectivity index (χ1v) is 11.0. The van der Waals surface area contributed by atoms with E-state index in [1.54, 1.807) is 7.11 Å². The summed E-state index contributed by atoms with van der Waals surface area (Å²) in [6.45, 7) is 4.55. The van der Waals surface area contributed by atoms with E-state index in [1.165, 1.54) is 13.5 Å². The van der Waals surface area contributed by atoms with Crippen LogP contribution in [-0.2, 0) is 20.9 Å². The van der Waals surface area contributed by atoms with Crippen molar-refractivity contribution in [3.63, 3.8) is 0 Å². The highest BCUT2D eigenvalue weighted by Gasteiger charge is 2.21. The van der Waals surface area contributed by atoms with Crippen LogP contribution in [0.4, 0.5) is 0 Å². The van der Waals surface area contributed by atoms with Crippen molar-refractivity contribution in [3.05, 3.63) is 66.2 Å². The fourth-order valence-corrected chi connectivity index (χ4v) is 2.35. The van der Waals surface area contributed by atoms with Crippen LogP contribution in [0.3, 0.4) is 0 Å². The van der Waals surface area contributed by atoms with E-state index < -0.39 is 18.1 Å². The van der Waals surface area contributed by atoms with Crippen LogP contribution in [0.2, 0.25) is 0 Å². The summed E-state index contributed by atoms with van der Waals surface area (Å²) >= 11 is 0. The van der Waals surface area contributed by atoms with Crippen molar-refractivity contribution in [2.75, 3.05) is 27.3 Å². The third-order valence-corrected chi connectivity index (χ3v) is 4.07. The molecule has 0 spiro atoms. The van der Waals surface area contributed by atoms with Gasteiger partial charge in [0.15, 0.2) is 0 Å². The molecule has 2 rings (SSSR count). The van der Waals surface area contributed by atoms with E-state index in [0.29, 0.717) is 6.54 Å². The number of hydrogen-bond acceptors (Lipinski definition) is 6. The van der Waals surface area contributed by atoms with Crippen LogP contribution in [0, 0.1) is 0 Å². The SMILES string of the molecule is CCC.COC(CC(O)CN)C(=O)NCC(=O)NCc1ccccc1.COc1ccccc1. The number of benzene rings is 2. The smallest absolute Gasteiger partial charge is 0.249 e. The third-order valence-electron chi connectivity index (χ3n) is 4.07. The Labute approximate surface area is 197 Å². The predicted molar refractivity (Wildman–Crippen MR) is 131 cm³/mol. The summed E-state index contributed by atoms with van der Waals surface area (Å²) in [5.41, 5.74) is 6.27. The molecule has 0 aliphatic carbocycles. The van der Waals surface area contributed by atoms with Crippen molar-refractivity contribution in [2.45, 2.75) is 45.4 Å². The lowest BCUT2D eigenvalue weighted by molar-refractivity contribution is -0.134. The Morgan fingerprint density at radius 3 is 1.97 bits per heavy atom. The largest absolute Gasteiger partial charge is 0.497 e. The first-order valence-electron chi connectivity index (χ1n) is 11.0. The van der Waals surface area contributed by atoms with Gasteiger partial charge in [-0.15, -0.1) is 0 Å². The van der Waals surface area contributed by atoms with Crippen LogP contribution in [0.1, 0.15) is 32.3 Å². The van der Waals surface area contributed by atoms with Crippen molar-refractivity contribution < 1.29 is 24.2 Å². The Kier molecular flexibility index (Phi) is 18.0. The van der Waals surface area contributed by atoms with Gasteiger partial charge in [0.05, 0.1) is 19.8 Å². The lowest BCUT2D eigenvalue weighted by atomic mass is 10.1. The summed E-state index contributed by atoms with van der Waals surface area (Å²) < 4.78 is 9.90. The molecule has 0 heterocycles. The fourth-order valence-electron chi connectivity index (χ4n) is 2.35. The molecule has 2 amide bonds. The summed E-state index contributed by atoms with van der Waals surface area (Å²) in [5.74, 6) is 0.156. The number of carbonyl (C=O) groups excluding carboxylic acids is 2. The van der Waals surface area contributed by atoms with Crippen LogP contribution in [-0.4, -0.2) is 56.4 Å². The quantitative estimate of drug-likeness (QED) is 0.430. The molecular weight excluding hydrogens is 422 g/mol. The standard InChI is InChI=1S/C15H23N3O4.C7H8O.C3H8/c1-22-13(7-12(19)8-16)15(21)18-10-14(20)17-9-11-5-3-2-4-6-11;1-8-7-5-3-2-4-6-7;1-3-2/h2-6,12-13,19H,7-10,16H2,1H3,(H,17,20)(H,18,21);2-6H,1H3;3H2,1-2H3. The summed E-state index contributed by atoms with van der Waals surface area (Å²) in [7, 11) is 3.03. The molecule has 8 nitrogen and oxygen atoms in total. The first kappa shape index (κ1) is 30.1. The normalized spacial score (nSPS) is 11.5. The molecule has 0 aliphatic heterocycles. The molecule has 8 heteroatoms. The number of aliphatic hydroxyl groups is 1. The molecule has 0 aromatic heterocycles. The van der Waals surface area contributed by atoms with Gasteiger partial charge in [-0.1, -0.05) is 68.8 Å². The Morgan fingerprint density at radius 2 is 1.52 bits per heavy atom. The van der Waals surface area contributed by atoms with Gasteiger partial charge in [0, 0.05) is 26.6 Å². The molecule has 5 N–H and O–H groups in total. The molecule has 0 fully saturated rings. The Hall–Kier alpha value is -2.94.